The maximum Gasteiger partial charge on any atom is 0.224 e. The highest BCUT2D eigenvalue weighted by Gasteiger charge is 2.15. The smallest absolute Gasteiger partial charge is 0.224 e. The summed E-state index contributed by atoms with van der Waals surface area (Å²) in [6.07, 6.45) is 0.483. The minimum atomic E-state index is -0.251. The standard InChI is InChI=1S/C14H20BrFN2O/c1-9(8-17-3)14(19)18-10(2)6-11-4-5-12(15)7-13(11)16/h4-5,7,9-10,17H,6,8H2,1-3H3,(H,18,19)/t9-,10+/m0/s1. The number of rotatable bonds is 6. The maximum absolute atomic E-state index is 13.7. The molecule has 3 nitrogen and oxygen atoms in total. The third kappa shape index (κ3) is 5.28. The molecule has 5 heteroatoms. The van der Waals surface area contributed by atoms with Crippen LogP contribution in [0.4, 0.5) is 4.39 Å². The van der Waals surface area contributed by atoms with Crippen molar-refractivity contribution in [3.8, 4) is 0 Å². The van der Waals surface area contributed by atoms with Crippen molar-refractivity contribution in [1.29, 1.82) is 0 Å². The van der Waals surface area contributed by atoms with Crippen LogP contribution in [-0.4, -0.2) is 25.5 Å². The summed E-state index contributed by atoms with van der Waals surface area (Å²) in [7, 11) is 1.81. The number of carbonyl (C=O) groups is 1. The van der Waals surface area contributed by atoms with E-state index in [1.807, 2.05) is 20.9 Å². The van der Waals surface area contributed by atoms with Gasteiger partial charge in [-0.05, 0) is 38.1 Å². The van der Waals surface area contributed by atoms with Crippen LogP contribution in [0, 0.1) is 11.7 Å². The number of benzene rings is 1. The van der Waals surface area contributed by atoms with E-state index in [0.717, 1.165) is 0 Å². The van der Waals surface area contributed by atoms with Crippen molar-refractivity contribution in [3.63, 3.8) is 0 Å². The first-order valence-electron chi connectivity index (χ1n) is 6.33. The molecule has 0 unspecified atom stereocenters. The summed E-state index contributed by atoms with van der Waals surface area (Å²) in [5.74, 6) is -0.361. The second-order valence-electron chi connectivity index (χ2n) is 4.81. The predicted octanol–water partition coefficient (Wildman–Crippen LogP) is 2.49. The highest BCUT2D eigenvalue weighted by Crippen LogP contribution is 2.16. The molecule has 0 fully saturated rings. The predicted molar refractivity (Wildman–Crippen MR) is 78.5 cm³/mol. The molecule has 2 atom stereocenters. The second-order valence-corrected chi connectivity index (χ2v) is 5.72. The average Bonchev–Trinajstić information content (AvgIpc) is 2.33. The third-order valence-electron chi connectivity index (χ3n) is 2.89. The fourth-order valence-electron chi connectivity index (χ4n) is 1.85. The lowest BCUT2D eigenvalue weighted by Gasteiger charge is -2.17. The van der Waals surface area contributed by atoms with Gasteiger partial charge >= 0.3 is 0 Å². The molecule has 19 heavy (non-hydrogen) atoms. The first-order valence-corrected chi connectivity index (χ1v) is 7.12. The van der Waals surface area contributed by atoms with Crippen LogP contribution in [0.1, 0.15) is 19.4 Å². The van der Waals surface area contributed by atoms with Crippen molar-refractivity contribution >= 4 is 21.8 Å². The number of amides is 1. The van der Waals surface area contributed by atoms with Crippen molar-refractivity contribution in [2.75, 3.05) is 13.6 Å². The van der Waals surface area contributed by atoms with Crippen LogP contribution in [0.15, 0.2) is 22.7 Å². The molecule has 0 aliphatic rings. The molecular formula is C14H20BrFN2O. The van der Waals surface area contributed by atoms with Gasteiger partial charge in [-0.1, -0.05) is 28.9 Å². The van der Waals surface area contributed by atoms with E-state index < -0.39 is 0 Å². The van der Waals surface area contributed by atoms with E-state index in [1.54, 1.807) is 12.1 Å². The van der Waals surface area contributed by atoms with Gasteiger partial charge in [0.1, 0.15) is 5.82 Å². The summed E-state index contributed by atoms with van der Waals surface area (Å²) in [5, 5.41) is 5.86. The number of halogens is 2. The Morgan fingerprint density at radius 2 is 2.11 bits per heavy atom. The molecule has 0 bridgehead atoms. The van der Waals surface area contributed by atoms with Gasteiger partial charge in [0.15, 0.2) is 0 Å². The van der Waals surface area contributed by atoms with Crippen LogP contribution in [-0.2, 0) is 11.2 Å². The van der Waals surface area contributed by atoms with Gasteiger partial charge in [-0.25, -0.2) is 4.39 Å². The zero-order valence-electron chi connectivity index (χ0n) is 11.5. The van der Waals surface area contributed by atoms with E-state index in [4.69, 9.17) is 0 Å². The molecule has 106 valence electrons. The molecule has 0 heterocycles. The first-order chi connectivity index (χ1) is 8.93. The molecular weight excluding hydrogens is 311 g/mol. The van der Waals surface area contributed by atoms with Crippen molar-refractivity contribution in [3.05, 3.63) is 34.1 Å². The van der Waals surface area contributed by atoms with Crippen LogP contribution in [0.5, 0.6) is 0 Å². The molecule has 0 saturated carbocycles. The third-order valence-corrected chi connectivity index (χ3v) is 3.38. The van der Waals surface area contributed by atoms with Crippen molar-refractivity contribution < 1.29 is 9.18 Å². The monoisotopic (exact) mass is 330 g/mol. The van der Waals surface area contributed by atoms with Crippen LogP contribution in [0.2, 0.25) is 0 Å². The molecule has 0 aliphatic carbocycles. The van der Waals surface area contributed by atoms with E-state index in [9.17, 15) is 9.18 Å². The van der Waals surface area contributed by atoms with Crippen molar-refractivity contribution in [2.24, 2.45) is 5.92 Å². The quantitative estimate of drug-likeness (QED) is 0.841. The van der Waals surface area contributed by atoms with Gasteiger partial charge in [-0.15, -0.1) is 0 Å². The molecule has 1 aromatic carbocycles. The minimum Gasteiger partial charge on any atom is -0.353 e. The Bertz CT molecular complexity index is 439. The van der Waals surface area contributed by atoms with E-state index in [1.165, 1.54) is 6.07 Å². The van der Waals surface area contributed by atoms with Crippen LogP contribution < -0.4 is 10.6 Å². The zero-order valence-corrected chi connectivity index (χ0v) is 13.1. The van der Waals surface area contributed by atoms with Gasteiger partial charge in [0.2, 0.25) is 5.91 Å². The summed E-state index contributed by atoms with van der Waals surface area (Å²) in [5.41, 5.74) is 0.609. The molecule has 0 aromatic heterocycles. The highest BCUT2D eigenvalue weighted by molar-refractivity contribution is 9.10. The van der Waals surface area contributed by atoms with Crippen molar-refractivity contribution in [2.45, 2.75) is 26.3 Å². The Morgan fingerprint density at radius 1 is 1.42 bits per heavy atom. The summed E-state index contributed by atoms with van der Waals surface area (Å²) < 4.78 is 14.4. The Labute approximate surface area is 122 Å². The molecule has 1 rings (SSSR count). The molecule has 0 spiro atoms. The van der Waals surface area contributed by atoms with Gasteiger partial charge in [-0.2, -0.15) is 0 Å². The molecule has 2 N–H and O–H groups in total. The molecule has 0 radical (unpaired) electrons. The lowest BCUT2D eigenvalue weighted by molar-refractivity contribution is -0.124. The normalized spacial score (nSPS) is 13.9. The fraction of sp³-hybridized carbons (Fsp3) is 0.500. The fourth-order valence-corrected chi connectivity index (χ4v) is 2.19. The molecule has 0 aliphatic heterocycles. The summed E-state index contributed by atoms with van der Waals surface area (Å²) in [6, 6.07) is 4.88. The Hall–Kier alpha value is -0.940. The molecule has 1 amide bonds. The van der Waals surface area contributed by atoms with Gasteiger partial charge in [-0.3, -0.25) is 4.79 Å². The van der Waals surface area contributed by atoms with Crippen LogP contribution in [0.3, 0.4) is 0 Å². The zero-order chi connectivity index (χ0) is 14.4. The highest BCUT2D eigenvalue weighted by atomic mass is 79.9. The molecule has 0 saturated heterocycles. The van der Waals surface area contributed by atoms with E-state index >= 15 is 0 Å². The number of nitrogens with one attached hydrogen (secondary N) is 2. The largest absolute Gasteiger partial charge is 0.353 e. The SMILES string of the molecule is CNC[C@H](C)C(=O)N[C@H](C)Cc1ccc(Br)cc1F. The van der Waals surface area contributed by atoms with Crippen LogP contribution in [0.25, 0.3) is 0 Å². The van der Waals surface area contributed by atoms with Crippen LogP contribution >= 0.6 is 15.9 Å². The lowest BCUT2D eigenvalue weighted by atomic mass is 10.1. The average molecular weight is 331 g/mol. The van der Waals surface area contributed by atoms with Gasteiger partial charge in [0.25, 0.3) is 0 Å². The topological polar surface area (TPSA) is 41.1 Å². The van der Waals surface area contributed by atoms with Crippen molar-refractivity contribution in [1.82, 2.24) is 10.6 Å². The number of hydrogen-bond donors (Lipinski definition) is 2. The number of carbonyl (C=O) groups excluding carboxylic acids is 1. The minimum absolute atomic E-state index is 0.0145. The van der Waals surface area contributed by atoms with Gasteiger partial charge < -0.3 is 10.6 Å². The second kappa shape index (κ2) is 7.60. The Kier molecular flexibility index (Phi) is 6.45. The maximum atomic E-state index is 13.7. The molecule has 1 aromatic rings. The summed E-state index contributed by atoms with van der Waals surface area (Å²) in [6.45, 7) is 4.37. The van der Waals surface area contributed by atoms with E-state index in [0.29, 0.717) is 23.0 Å². The van der Waals surface area contributed by atoms with Gasteiger partial charge in [0, 0.05) is 23.0 Å². The van der Waals surface area contributed by atoms with Gasteiger partial charge in [0.05, 0.1) is 0 Å². The van der Waals surface area contributed by atoms with E-state index in [-0.39, 0.29) is 23.7 Å². The van der Waals surface area contributed by atoms with E-state index in [2.05, 4.69) is 26.6 Å². The first kappa shape index (κ1) is 16.1. The lowest BCUT2D eigenvalue weighted by Crippen LogP contribution is -2.40. The number of hydrogen-bond acceptors (Lipinski definition) is 2. The summed E-state index contributed by atoms with van der Waals surface area (Å²) >= 11 is 3.22. The Morgan fingerprint density at radius 3 is 2.68 bits per heavy atom. The Balaban J connectivity index is 2.55. The summed E-state index contributed by atoms with van der Waals surface area (Å²) in [4.78, 5) is 11.8.